The quantitative estimate of drug-likeness (QED) is 0.464. The van der Waals surface area contributed by atoms with Crippen molar-refractivity contribution < 1.29 is 9.59 Å². The van der Waals surface area contributed by atoms with Gasteiger partial charge in [-0.2, -0.15) is 0 Å². The zero-order valence-corrected chi connectivity index (χ0v) is 20.6. The number of nitrogens with zero attached hydrogens (tertiary/aromatic N) is 1. The van der Waals surface area contributed by atoms with Crippen molar-refractivity contribution >= 4 is 46.8 Å². The molecule has 4 nitrogen and oxygen atoms in total. The molecular formula is C24H30Cl2N2O2S. The summed E-state index contributed by atoms with van der Waals surface area (Å²) in [7, 11) is 0. The van der Waals surface area contributed by atoms with Crippen LogP contribution >= 0.6 is 35.0 Å². The van der Waals surface area contributed by atoms with Crippen LogP contribution in [0.5, 0.6) is 0 Å². The maximum Gasteiger partial charge on any atom is 0.242 e. The van der Waals surface area contributed by atoms with Gasteiger partial charge in [0.05, 0.1) is 5.75 Å². The molecule has 0 bridgehead atoms. The molecule has 2 aromatic carbocycles. The molecule has 2 aromatic rings. The Labute approximate surface area is 199 Å². The maximum atomic E-state index is 13.1. The third-order valence-electron chi connectivity index (χ3n) is 4.87. The van der Waals surface area contributed by atoms with E-state index in [1.165, 1.54) is 11.8 Å². The molecule has 0 aliphatic carbocycles. The Morgan fingerprint density at radius 1 is 1.00 bits per heavy atom. The molecule has 0 unspecified atom stereocenters. The van der Waals surface area contributed by atoms with Gasteiger partial charge in [-0.25, -0.2) is 0 Å². The first-order valence-corrected chi connectivity index (χ1v) is 12.3. The average Bonchev–Trinajstić information content (AvgIpc) is 2.74. The Morgan fingerprint density at radius 2 is 1.65 bits per heavy atom. The number of benzene rings is 2. The Kier molecular flexibility index (Phi) is 10.7. The van der Waals surface area contributed by atoms with Crippen LogP contribution in [0.2, 0.25) is 10.0 Å². The van der Waals surface area contributed by atoms with E-state index < -0.39 is 6.04 Å². The van der Waals surface area contributed by atoms with Crippen molar-refractivity contribution in [1.82, 2.24) is 10.2 Å². The molecule has 0 aliphatic heterocycles. The van der Waals surface area contributed by atoms with E-state index in [1.54, 1.807) is 30.0 Å². The number of halogens is 2. The molecule has 0 heterocycles. The first kappa shape index (κ1) is 25.6. The first-order chi connectivity index (χ1) is 14.8. The standard InChI is InChI=1S/C24H30Cl2N2O2S/c1-17(2)14-27-24(30)18(3)28(13-12-19-8-5-4-6-9-19)23(29)16-31-15-20-21(25)10-7-11-22(20)26/h4-11,17-18H,12-16H2,1-3H3,(H,27,30)/t18-/m0/s1. The fourth-order valence-electron chi connectivity index (χ4n) is 3.02. The predicted octanol–water partition coefficient (Wildman–Crippen LogP) is 5.46. The van der Waals surface area contributed by atoms with Gasteiger partial charge >= 0.3 is 0 Å². The molecule has 0 saturated carbocycles. The van der Waals surface area contributed by atoms with Crippen LogP contribution in [0.4, 0.5) is 0 Å². The van der Waals surface area contributed by atoms with Gasteiger partial charge in [0, 0.05) is 28.9 Å². The third-order valence-corrected chi connectivity index (χ3v) is 6.52. The molecule has 168 valence electrons. The molecule has 1 N–H and O–H groups in total. The van der Waals surface area contributed by atoms with Crippen LogP contribution in [-0.2, 0) is 21.8 Å². The number of thioether (sulfide) groups is 1. The lowest BCUT2D eigenvalue weighted by molar-refractivity contribution is -0.138. The molecular weight excluding hydrogens is 451 g/mol. The molecule has 0 aromatic heterocycles. The van der Waals surface area contributed by atoms with Crippen LogP contribution in [0.3, 0.4) is 0 Å². The van der Waals surface area contributed by atoms with Crippen molar-refractivity contribution in [2.75, 3.05) is 18.8 Å². The van der Waals surface area contributed by atoms with E-state index in [2.05, 4.69) is 5.32 Å². The van der Waals surface area contributed by atoms with Gasteiger partial charge in [-0.3, -0.25) is 9.59 Å². The topological polar surface area (TPSA) is 49.4 Å². The molecule has 0 spiro atoms. The van der Waals surface area contributed by atoms with Crippen molar-refractivity contribution in [3.63, 3.8) is 0 Å². The highest BCUT2D eigenvalue weighted by Gasteiger charge is 2.25. The van der Waals surface area contributed by atoms with Gasteiger partial charge in [-0.05, 0) is 42.5 Å². The van der Waals surface area contributed by atoms with E-state index in [0.29, 0.717) is 41.2 Å². The first-order valence-electron chi connectivity index (χ1n) is 10.4. The monoisotopic (exact) mass is 480 g/mol. The van der Waals surface area contributed by atoms with Crippen LogP contribution < -0.4 is 5.32 Å². The van der Waals surface area contributed by atoms with E-state index in [0.717, 1.165) is 11.1 Å². The van der Waals surface area contributed by atoms with Gasteiger partial charge in [-0.1, -0.05) is 73.4 Å². The lowest BCUT2D eigenvalue weighted by Crippen LogP contribution is -2.50. The number of rotatable bonds is 11. The van der Waals surface area contributed by atoms with Crippen LogP contribution in [0, 0.1) is 5.92 Å². The van der Waals surface area contributed by atoms with Gasteiger partial charge in [0.1, 0.15) is 6.04 Å². The smallest absolute Gasteiger partial charge is 0.242 e. The summed E-state index contributed by atoms with van der Waals surface area (Å²) in [6.45, 7) is 6.93. The van der Waals surface area contributed by atoms with Crippen molar-refractivity contribution in [3.8, 4) is 0 Å². The Bertz CT molecular complexity index is 842. The Morgan fingerprint density at radius 3 is 2.26 bits per heavy atom. The summed E-state index contributed by atoms with van der Waals surface area (Å²) in [4.78, 5) is 27.4. The van der Waals surface area contributed by atoms with E-state index in [-0.39, 0.29) is 17.6 Å². The number of nitrogens with one attached hydrogen (secondary N) is 1. The second kappa shape index (κ2) is 13.0. The summed E-state index contributed by atoms with van der Waals surface area (Å²) in [6, 6.07) is 14.8. The van der Waals surface area contributed by atoms with Gasteiger partial charge in [-0.15, -0.1) is 11.8 Å². The lowest BCUT2D eigenvalue weighted by atomic mass is 10.1. The Hall–Kier alpha value is -1.69. The number of carbonyl (C=O) groups is 2. The molecule has 2 rings (SSSR count). The van der Waals surface area contributed by atoms with Gasteiger partial charge < -0.3 is 10.2 Å². The molecule has 2 amide bonds. The van der Waals surface area contributed by atoms with Crippen LogP contribution in [-0.4, -0.2) is 41.6 Å². The number of amides is 2. The zero-order valence-electron chi connectivity index (χ0n) is 18.2. The number of hydrogen-bond acceptors (Lipinski definition) is 3. The lowest BCUT2D eigenvalue weighted by Gasteiger charge is -2.29. The van der Waals surface area contributed by atoms with Crippen LogP contribution in [0.1, 0.15) is 31.9 Å². The van der Waals surface area contributed by atoms with Gasteiger partial charge in [0.25, 0.3) is 0 Å². The number of hydrogen-bond donors (Lipinski definition) is 1. The van der Waals surface area contributed by atoms with E-state index in [9.17, 15) is 9.59 Å². The summed E-state index contributed by atoms with van der Waals surface area (Å²) in [5.41, 5.74) is 1.95. The van der Waals surface area contributed by atoms with Crippen molar-refractivity contribution in [2.24, 2.45) is 5.92 Å². The summed E-state index contributed by atoms with van der Waals surface area (Å²) < 4.78 is 0. The molecule has 7 heteroatoms. The normalized spacial score (nSPS) is 11.9. The minimum absolute atomic E-state index is 0.0729. The summed E-state index contributed by atoms with van der Waals surface area (Å²) in [5.74, 6) is 0.925. The maximum absolute atomic E-state index is 13.1. The fraction of sp³-hybridized carbons (Fsp3) is 0.417. The highest BCUT2D eigenvalue weighted by Crippen LogP contribution is 2.28. The minimum Gasteiger partial charge on any atom is -0.354 e. The second-order valence-electron chi connectivity index (χ2n) is 7.83. The van der Waals surface area contributed by atoms with Crippen molar-refractivity contribution in [2.45, 2.75) is 39.0 Å². The van der Waals surface area contributed by atoms with Crippen molar-refractivity contribution in [1.29, 1.82) is 0 Å². The van der Waals surface area contributed by atoms with E-state index >= 15 is 0 Å². The van der Waals surface area contributed by atoms with E-state index in [1.807, 2.05) is 44.2 Å². The Balaban J connectivity index is 2.02. The van der Waals surface area contributed by atoms with Crippen LogP contribution in [0.15, 0.2) is 48.5 Å². The highest BCUT2D eigenvalue weighted by atomic mass is 35.5. The summed E-state index contributed by atoms with van der Waals surface area (Å²) >= 11 is 13.9. The predicted molar refractivity (Wildman–Crippen MR) is 132 cm³/mol. The second-order valence-corrected chi connectivity index (χ2v) is 9.63. The SMILES string of the molecule is CC(C)CNC(=O)[C@H](C)N(CCc1ccccc1)C(=O)CSCc1c(Cl)cccc1Cl. The zero-order chi connectivity index (χ0) is 22.8. The summed E-state index contributed by atoms with van der Waals surface area (Å²) in [5, 5.41) is 4.12. The fourth-order valence-corrected chi connectivity index (χ4v) is 4.66. The third kappa shape index (κ3) is 8.40. The molecule has 0 aliphatic rings. The van der Waals surface area contributed by atoms with Crippen molar-refractivity contribution in [3.05, 3.63) is 69.7 Å². The average molecular weight is 481 g/mol. The molecule has 1 atom stereocenters. The molecule has 0 fully saturated rings. The van der Waals surface area contributed by atoms with E-state index in [4.69, 9.17) is 23.2 Å². The minimum atomic E-state index is -0.542. The van der Waals surface area contributed by atoms with Gasteiger partial charge in [0.15, 0.2) is 0 Å². The molecule has 31 heavy (non-hydrogen) atoms. The molecule has 0 saturated heterocycles. The number of carbonyl (C=O) groups excluding carboxylic acids is 2. The molecule has 0 radical (unpaired) electrons. The summed E-state index contributed by atoms with van der Waals surface area (Å²) in [6.07, 6.45) is 0.690. The highest BCUT2D eigenvalue weighted by molar-refractivity contribution is 7.99. The van der Waals surface area contributed by atoms with Gasteiger partial charge in [0.2, 0.25) is 11.8 Å². The largest absolute Gasteiger partial charge is 0.354 e. The van der Waals surface area contributed by atoms with Crippen LogP contribution in [0.25, 0.3) is 0 Å².